The number of aromatic nitrogens is 1. The van der Waals surface area contributed by atoms with Crippen molar-refractivity contribution in [1.29, 1.82) is 0 Å². The highest BCUT2D eigenvalue weighted by Gasteiger charge is 2.66. The third-order valence-corrected chi connectivity index (χ3v) is 10.1. The van der Waals surface area contributed by atoms with Crippen molar-refractivity contribution in [2.24, 2.45) is 0 Å². The summed E-state index contributed by atoms with van der Waals surface area (Å²) in [6.45, 7) is 5.96. The summed E-state index contributed by atoms with van der Waals surface area (Å²) >= 11 is 7.86. The molecule has 216 valence electrons. The lowest BCUT2D eigenvalue weighted by atomic mass is 9.84. The Morgan fingerprint density at radius 2 is 1.66 bits per heavy atom. The maximum absolute atomic E-state index is 15.2. The first-order chi connectivity index (χ1) is 21.2. The van der Waals surface area contributed by atoms with Crippen LogP contribution in [0.1, 0.15) is 43.9 Å². The van der Waals surface area contributed by atoms with Crippen LogP contribution in [0.25, 0.3) is 21.2 Å². The Labute approximate surface area is 260 Å². The predicted octanol–water partition coefficient (Wildman–Crippen LogP) is 7.43. The molecule has 2 aliphatic rings. The van der Waals surface area contributed by atoms with Crippen LogP contribution in [-0.2, 0) is 16.9 Å². The Hall–Kier alpha value is -4.79. The van der Waals surface area contributed by atoms with Gasteiger partial charge in [0, 0.05) is 10.6 Å². The molecule has 2 aliphatic heterocycles. The Morgan fingerprint density at radius 1 is 0.909 bits per heavy atom. The number of thiazole rings is 1. The molecule has 0 bridgehead atoms. The average molecular weight is 618 g/mol. The fourth-order valence-electron chi connectivity index (χ4n) is 6.49. The minimum atomic E-state index is -1.83. The number of nitrogens with zero attached hydrogens (tertiary/aromatic N) is 3. The minimum absolute atomic E-state index is 0.00722. The number of fused-ring (bicyclic) bond motifs is 6. The normalized spacial score (nSPS) is 17.4. The van der Waals surface area contributed by atoms with Gasteiger partial charge in [0.2, 0.25) is 5.76 Å². The Balaban J connectivity index is 1.47. The van der Waals surface area contributed by atoms with Gasteiger partial charge in [0.1, 0.15) is 5.58 Å². The number of amides is 2. The van der Waals surface area contributed by atoms with Crippen LogP contribution in [0.15, 0.2) is 88.1 Å². The van der Waals surface area contributed by atoms with Crippen LogP contribution in [0.2, 0.25) is 5.02 Å². The summed E-state index contributed by atoms with van der Waals surface area (Å²) in [5.74, 6) is -1.18. The van der Waals surface area contributed by atoms with E-state index in [1.54, 1.807) is 29.2 Å². The number of carbonyl (C=O) groups excluding carboxylic acids is 2. The number of anilines is 2. The van der Waals surface area contributed by atoms with E-state index in [-0.39, 0.29) is 17.9 Å². The van der Waals surface area contributed by atoms with Crippen LogP contribution in [0.3, 0.4) is 0 Å². The van der Waals surface area contributed by atoms with Crippen molar-refractivity contribution in [2.45, 2.75) is 32.9 Å². The summed E-state index contributed by atoms with van der Waals surface area (Å²) < 4.78 is 7.16. The molecule has 0 saturated carbocycles. The number of hydrogen-bond donors (Lipinski definition) is 0. The summed E-state index contributed by atoms with van der Waals surface area (Å²) in [7, 11) is 0. The largest absolute Gasteiger partial charge is 0.450 e. The van der Waals surface area contributed by atoms with Gasteiger partial charge in [-0.25, -0.2) is 4.98 Å². The topological polar surface area (TPSA) is 83.7 Å². The van der Waals surface area contributed by atoms with Gasteiger partial charge in [0.25, 0.3) is 11.8 Å². The van der Waals surface area contributed by atoms with Crippen LogP contribution < -0.4 is 15.2 Å². The van der Waals surface area contributed by atoms with Crippen molar-refractivity contribution in [3.05, 3.63) is 133 Å². The fourth-order valence-corrected chi connectivity index (χ4v) is 7.80. The SMILES string of the molecule is Cc1ccc2nc(N3C(=O)c4oc5cc(C)c(C)cc5c(=O)c4C34C(=O)N(Cc3ccccc3Cl)c3ccccc34)sc2c1. The first-order valence-corrected chi connectivity index (χ1v) is 15.3. The second-order valence-corrected chi connectivity index (χ2v) is 12.8. The van der Waals surface area contributed by atoms with Crippen molar-refractivity contribution in [1.82, 2.24) is 4.98 Å². The molecule has 1 atom stereocenters. The number of rotatable bonds is 3. The van der Waals surface area contributed by atoms with E-state index in [1.807, 2.05) is 75.4 Å². The van der Waals surface area contributed by atoms with Gasteiger partial charge in [-0.05, 0) is 79.4 Å². The number of para-hydroxylation sites is 1. The highest BCUT2D eigenvalue weighted by Crippen LogP contribution is 2.55. The van der Waals surface area contributed by atoms with Gasteiger partial charge in [0.05, 0.1) is 33.4 Å². The number of carbonyl (C=O) groups is 2. The lowest BCUT2D eigenvalue weighted by molar-refractivity contribution is -0.121. The first kappa shape index (κ1) is 26.8. The van der Waals surface area contributed by atoms with Gasteiger partial charge in [-0.3, -0.25) is 19.3 Å². The number of benzene rings is 4. The number of aryl methyl sites for hydroxylation is 3. The molecule has 2 aromatic heterocycles. The van der Waals surface area contributed by atoms with Gasteiger partial charge in [-0.15, -0.1) is 0 Å². The average Bonchev–Trinajstić information content (AvgIpc) is 3.61. The Bertz CT molecular complexity index is 2310. The van der Waals surface area contributed by atoms with Crippen LogP contribution in [0.5, 0.6) is 0 Å². The minimum Gasteiger partial charge on any atom is -0.450 e. The molecule has 0 radical (unpaired) electrons. The molecule has 1 unspecified atom stereocenters. The van der Waals surface area contributed by atoms with Crippen molar-refractivity contribution in [3.8, 4) is 0 Å². The second kappa shape index (κ2) is 9.35. The van der Waals surface area contributed by atoms with E-state index in [2.05, 4.69) is 0 Å². The second-order valence-electron chi connectivity index (χ2n) is 11.4. The molecule has 8 rings (SSSR count). The predicted molar refractivity (Wildman–Crippen MR) is 173 cm³/mol. The molecule has 4 heterocycles. The van der Waals surface area contributed by atoms with Crippen LogP contribution in [-0.4, -0.2) is 16.8 Å². The summed E-state index contributed by atoms with van der Waals surface area (Å²) in [5.41, 5.74) is 3.44. The standard InChI is InChI=1S/C35H24ClN3O4S/c1-18-12-13-25-28(14-18)44-34(37-25)39-32(41)31-29(30(40)22-15-19(2)20(3)16-27(22)43-31)35(39)23-9-5-7-11-26(23)38(33(35)42)17-21-8-4-6-10-24(21)36/h4-16H,17H2,1-3H3. The Kier molecular flexibility index (Phi) is 5.70. The summed E-state index contributed by atoms with van der Waals surface area (Å²) in [5, 5.41) is 1.13. The van der Waals surface area contributed by atoms with Crippen molar-refractivity contribution >= 4 is 66.8 Å². The molecule has 0 saturated heterocycles. The molecule has 6 aromatic rings. The highest BCUT2D eigenvalue weighted by molar-refractivity contribution is 7.22. The van der Waals surface area contributed by atoms with Gasteiger partial charge in [-0.1, -0.05) is 65.4 Å². The third-order valence-electron chi connectivity index (χ3n) is 8.75. The fraction of sp³-hybridized carbons (Fsp3) is 0.143. The van der Waals surface area contributed by atoms with E-state index in [0.717, 1.165) is 27.0 Å². The molecular formula is C35H24ClN3O4S. The van der Waals surface area contributed by atoms with Crippen molar-refractivity contribution in [2.75, 3.05) is 9.80 Å². The van der Waals surface area contributed by atoms with E-state index >= 15 is 4.79 Å². The Morgan fingerprint density at radius 3 is 2.48 bits per heavy atom. The van der Waals surface area contributed by atoms with Crippen LogP contribution in [0.4, 0.5) is 10.8 Å². The zero-order valence-corrected chi connectivity index (χ0v) is 25.5. The molecule has 44 heavy (non-hydrogen) atoms. The lowest BCUT2D eigenvalue weighted by Gasteiger charge is -2.32. The van der Waals surface area contributed by atoms with Gasteiger partial charge in [-0.2, -0.15) is 0 Å². The van der Waals surface area contributed by atoms with E-state index in [9.17, 15) is 9.59 Å². The summed E-state index contributed by atoms with van der Waals surface area (Å²) in [6, 6.07) is 24.0. The quantitative estimate of drug-likeness (QED) is 0.206. The molecule has 0 fully saturated rings. The van der Waals surface area contributed by atoms with E-state index in [0.29, 0.717) is 37.9 Å². The first-order valence-electron chi connectivity index (χ1n) is 14.2. The number of halogens is 1. The molecule has 0 N–H and O–H groups in total. The van der Waals surface area contributed by atoms with Crippen LogP contribution in [0, 0.1) is 20.8 Å². The zero-order valence-electron chi connectivity index (χ0n) is 24.0. The molecule has 7 nitrogen and oxygen atoms in total. The zero-order chi connectivity index (χ0) is 30.5. The van der Waals surface area contributed by atoms with E-state index in [1.165, 1.54) is 16.2 Å². The molecule has 2 amide bonds. The van der Waals surface area contributed by atoms with Gasteiger partial charge in [0.15, 0.2) is 16.1 Å². The van der Waals surface area contributed by atoms with E-state index in [4.69, 9.17) is 21.0 Å². The monoisotopic (exact) mass is 617 g/mol. The van der Waals surface area contributed by atoms with Gasteiger partial charge >= 0.3 is 0 Å². The van der Waals surface area contributed by atoms with Crippen LogP contribution >= 0.6 is 22.9 Å². The maximum atomic E-state index is 15.2. The maximum Gasteiger partial charge on any atom is 0.297 e. The summed E-state index contributed by atoms with van der Waals surface area (Å²) in [4.78, 5) is 52.2. The summed E-state index contributed by atoms with van der Waals surface area (Å²) in [6.07, 6.45) is 0. The third kappa shape index (κ3) is 3.49. The van der Waals surface area contributed by atoms with E-state index < -0.39 is 22.8 Å². The molecule has 1 spiro atoms. The molecule has 9 heteroatoms. The van der Waals surface area contributed by atoms with Crippen molar-refractivity contribution < 1.29 is 14.0 Å². The molecule has 4 aromatic carbocycles. The lowest BCUT2D eigenvalue weighted by Crippen LogP contribution is -2.53. The molecular weight excluding hydrogens is 594 g/mol. The highest BCUT2D eigenvalue weighted by atomic mass is 35.5. The molecule has 0 aliphatic carbocycles. The van der Waals surface area contributed by atoms with Gasteiger partial charge < -0.3 is 9.32 Å². The van der Waals surface area contributed by atoms with Crippen molar-refractivity contribution in [3.63, 3.8) is 0 Å². The smallest absolute Gasteiger partial charge is 0.297 e. The number of hydrogen-bond acceptors (Lipinski definition) is 6.